The Morgan fingerprint density at radius 1 is 1.47 bits per heavy atom. The molecule has 1 aromatic heterocycles. The van der Waals surface area contributed by atoms with E-state index in [-0.39, 0.29) is 17.1 Å². The second-order valence-corrected chi connectivity index (χ2v) is 3.42. The van der Waals surface area contributed by atoms with Crippen molar-refractivity contribution in [1.82, 2.24) is 9.88 Å². The summed E-state index contributed by atoms with van der Waals surface area (Å²) < 4.78 is 0. The first kappa shape index (κ1) is 18.0. The van der Waals surface area contributed by atoms with Gasteiger partial charge in [-0.25, -0.2) is 5.26 Å². The smallest absolute Gasteiger partial charge is 0.512 e. The van der Waals surface area contributed by atoms with Crippen LogP contribution in [-0.4, -0.2) is 23.5 Å². The molecule has 0 spiro atoms. The van der Waals surface area contributed by atoms with E-state index in [0.29, 0.717) is 6.04 Å². The monoisotopic (exact) mass is 278 g/mol. The quantitative estimate of drug-likeness (QED) is 0.583. The van der Waals surface area contributed by atoms with Gasteiger partial charge in [-0.1, -0.05) is 6.07 Å². The van der Waals surface area contributed by atoms with Gasteiger partial charge in [-0.05, 0) is 38.1 Å². The molecule has 17 heavy (non-hydrogen) atoms. The van der Waals surface area contributed by atoms with Crippen molar-refractivity contribution in [3.63, 3.8) is 0 Å². The minimum atomic E-state index is 0. The fourth-order valence-electron chi connectivity index (χ4n) is 1.90. The van der Waals surface area contributed by atoms with E-state index >= 15 is 0 Å². The number of likely N-dealkylation sites (tertiary alicyclic amines) is 1. The molecule has 5 heteroatoms. The molecule has 94 valence electrons. The first-order valence-corrected chi connectivity index (χ1v) is 4.96. The Kier molecular flexibility index (Phi) is 11.8. The van der Waals surface area contributed by atoms with E-state index in [9.17, 15) is 0 Å². The molecule has 0 amide bonds. The molecule has 1 fully saturated rings. The van der Waals surface area contributed by atoms with E-state index < -0.39 is 0 Å². The molecule has 1 aromatic rings. The standard InChI is InChI=1S/C10H14N2.CHN.CN.Cu/c1-12-7-3-5-10(12)9-4-2-6-11-8-9;2*1-2;/h2,4,6,8,10H,3,5,7H2,1H3;1H;;/q;;-1;+1. The molecule has 1 atom stereocenters. The molecule has 0 saturated carbocycles. The van der Waals surface area contributed by atoms with Gasteiger partial charge in [0.2, 0.25) is 0 Å². The van der Waals surface area contributed by atoms with Crippen molar-refractivity contribution < 1.29 is 17.1 Å². The normalized spacial score (nSPS) is 17.6. The van der Waals surface area contributed by atoms with Gasteiger partial charge >= 0.3 is 17.1 Å². The Labute approximate surface area is 113 Å². The molecule has 1 aliphatic rings. The third-order valence-corrected chi connectivity index (χ3v) is 2.59. The first-order valence-electron chi connectivity index (χ1n) is 4.96. The Balaban J connectivity index is 0. The zero-order valence-electron chi connectivity index (χ0n) is 9.68. The van der Waals surface area contributed by atoms with Crippen LogP contribution in [0.15, 0.2) is 24.5 Å². The molecule has 2 heterocycles. The zero-order chi connectivity index (χ0) is 12.4. The predicted molar refractivity (Wildman–Crippen MR) is 60.5 cm³/mol. The van der Waals surface area contributed by atoms with Crippen LogP contribution in [-0.2, 0) is 17.1 Å². The fraction of sp³-hybridized carbons (Fsp3) is 0.417. The molecule has 0 bridgehead atoms. The van der Waals surface area contributed by atoms with E-state index in [1.807, 2.05) is 18.5 Å². The van der Waals surface area contributed by atoms with E-state index in [2.05, 4.69) is 29.6 Å². The number of rotatable bonds is 1. The third kappa shape index (κ3) is 5.47. The van der Waals surface area contributed by atoms with E-state index in [4.69, 9.17) is 17.1 Å². The SMILES string of the molecule is C#N.CN1CCCC1c1cccnc1.[C-]#N.[Cu+]. The van der Waals surface area contributed by atoms with Gasteiger partial charge in [0, 0.05) is 25.0 Å². The van der Waals surface area contributed by atoms with Crippen LogP contribution >= 0.6 is 0 Å². The van der Waals surface area contributed by atoms with Crippen LogP contribution in [0.4, 0.5) is 0 Å². The molecule has 1 unspecified atom stereocenters. The van der Waals surface area contributed by atoms with E-state index in [1.54, 1.807) is 0 Å². The number of hydrogen-bond acceptors (Lipinski definition) is 4. The average molecular weight is 279 g/mol. The maximum Gasteiger partial charge on any atom is 1.00 e. The molecule has 0 aromatic carbocycles. The van der Waals surface area contributed by atoms with Crippen LogP contribution < -0.4 is 0 Å². The van der Waals surface area contributed by atoms with Crippen molar-refractivity contribution in [2.45, 2.75) is 18.9 Å². The van der Waals surface area contributed by atoms with Crippen molar-refractivity contribution in [1.29, 1.82) is 10.5 Å². The largest absolute Gasteiger partial charge is 1.00 e. The number of nitrogens with zero attached hydrogens (tertiary/aromatic N) is 4. The van der Waals surface area contributed by atoms with Crippen LogP contribution in [0.3, 0.4) is 0 Å². The Morgan fingerprint density at radius 3 is 2.53 bits per heavy atom. The molecular weight excluding hydrogens is 264 g/mol. The second kappa shape index (κ2) is 11.1. The van der Waals surface area contributed by atoms with Crippen molar-refractivity contribution in [2.75, 3.05) is 13.6 Å². The van der Waals surface area contributed by atoms with E-state index in [1.165, 1.54) is 24.9 Å². The number of hydrogen-bond donors (Lipinski definition) is 0. The summed E-state index contributed by atoms with van der Waals surface area (Å²) in [5.74, 6) is 0. The molecule has 2 rings (SSSR count). The minimum Gasteiger partial charge on any atom is -0.512 e. The molecule has 1 saturated heterocycles. The maximum atomic E-state index is 6.50. The zero-order valence-corrected chi connectivity index (χ0v) is 10.6. The Bertz CT molecular complexity index is 317. The Hall–Kier alpha value is -1.39. The summed E-state index contributed by atoms with van der Waals surface area (Å²) in [6, 6.07) is 4.79. The van der Waals surface area contributed by atoms with Gasteiger partial charge in [-0.2, -0.15) is 0 Å². The number of pyridine rings is 1. The Morgan fingerprint density at radius 2 is 2.12 bits per heavy atom. The average Bonchev–Trinajstić information content (AvgIpc) is 2.82. The van der Waals surface area contributed by atoms with Crippen LogP contribution in [0.2, 0.25) is 0 Å². The fourth-order valence-corrected chi connectivity index (χ4v) is 1.90. The molecule has 0 aliphatic carbocycles. The van der Waals surface area contributed by atoms with Crippen LogP contribution in [0.5, 0.6) is 0 Å². The van der Waals surface area contributed by atoms with Crippen molar-refractivity contribution >= 4 is 0 Å². The van der Waals surface area contributed by atoms with Gasteiger partial charge in [0.15, 0.2) is 0 Å². The van der Waals surface area contributed by atoms with Crippen molar-refractivity contribution in [2.24, 2.45) is 0 Å². The van der Waals surface area contributed by atoms with Crippen LogP contribution in [0.25, 0.3) is 0 Å². The number of nitriles is 1. The minimum absolute atomic E-state index is 0. The van der Waals surface area contributed by atoms with Crippen LogP contribution in [0, 0.1) is 23.7 Å². The van der Waals surface area contributed by atoms with Crippen LogP contribution in [0.1, 0.15) is 24.4 Å². The molecular formula is C12H15CuN4. The predicted octanol–water partition coefficient (Wildman–Crippen LogP) is 2.08. The first-order chi connectivity index (χ1) is 7.88. The summed E-state index contributed by atoms with van der Waals surface area (Å²) in [6.07, 6.45) is 6.41. The van der Waals surface area contributed by atoms with Gasteiger partial charge in [0.05, 0.1) is 0 Å². The second-order valence-electron chi connectivity index (χ2n) is 3.42. The van der Waals surface area contributed by atoms with Gasteiger partial charge in [-0.3, -0.25) is 9.88 Å². The van der Waals surface area contributed by atoms with E-state index in [0.717, 1.165) is 0 Å². The van der Waals surface area contributed by atoms with Gasteiger partial charge in [0.1, 0.15) is 0 Å². The summed E-state index contributed by atoms with van der Waals surface area (Å²) in [4.78, 5) is 6.54. The van der Waals surface area contributed by atoms with Gasteiger partial charge in [0.25, 0.3) is 0 Å². The maximum absolute atomic E-state index is 6.50. The summed E-state index contributed by atoms with van der Waals surface area (Å²) in [6.45, 7) is 9.47. The third-order valence-electron chi connectivity index (χ3n) is 2.59. The van der Waals surface area contributed by atoms with Crippen molar-refractivity contribution in [3.8, 4) is 6.57 Å². The summed E-state index contributed by atoms with van der Waals surface area (Å²) in [5, 5.41) is 12.8. The van der Waals surface area contributed by atoms with Gasteiger partial charge in [-0.15, -0.1) is 0 Å². The van der Waals surface area contributed by atoms with Gasteiger partial charge < -0.3 is 11.8 Å². The molecule has 4 nitrogen and oxygen atoms in total. The summed E-state index contributed by atoms with van der Waals surface area (Å²) in [7, 11) is 2.19. The van der Waals surface area contributed by atoms with Crippen molar-refractivity contribution in [3.05, 3.63) is 36.7 Å². The molecule has 0 radical (unpaired) electrons. The molecule has 0 N–H and O–H groups in total. The topological polar surface area (TPSA) is 63.7 Å². The molecule has 1 aliphatic heterocycles. The summed E-state index contributed by atoms with van der Waals surface area (Å²) >= 11 is 0. The number of aromatic nitrogens is 1. The summed E-state index contributed by atoms with van der Waals surface area (Å²) in [5.41, 5.74) is 1.36.